The lowest BCUT2D eigenvalue weighted by molar-refractivity contribution is 0.289. The summed E-state index contributed by atoms with van der Waals surface area (Å²) in [6.07, 6.45) is 50.1. The maximum atomic E-state index is 6.23. The van der Waals surface area contributed by atoms with E-state index in [9.17, 15) is 0 Å². The molecule has 0 aromatic heterocycles. The van der Waals surface area contributed by atoms with Gasteiger partial charge < -0.3 is 14.4 Å². The Morgan fingerprint density at radius 2 is 0.816 bits per heavy atom. The molecule has 0 aliphatic heterocycles. The van der Waals surface area contributed by atoms with Gasteiger partial charge in [-0.3, -0.25) is 0 Å². The number of allylic oxidation sites excluding steroid dienone is 8. The van der Waals surface area contributed by atoms with Crippen molar-refractivity contribution in [2.45, 2.75) is 174 Å². The van der Waals surface area contributed by atoms with Gasteiger partial charge >= 0.3 is 0 Å². The molecule has 1 aromatic carbocycles. The Kier molecular flexibility index (Phi) is 32.5. The zero-order valence-electron chi connectivity index (χ0n) is 32.9. The molecule has 0 amide bonds. The van der Waals surface area contributed by atoms with E-state index in [1.165, 1.54) is 134 Å². The molecule has 0 saturated heterocycles. The fourth-order valence-electron chi connectivity index (χ4n) is 5.85. The molecule has 0 unspecified atom stereocenters. The minimum Gasteiger partial charge on any atom is -0.493 e. The maximum Gasteiger partial charge on any atom is 0.123 e. The van der Waals surface area contributed by atoms with E-state index in [1.54, 1.807) is 0 Å². The van der Waals surface area contributed by atoms with E-state index in [0.717, 1.165) is 63.4 Å². The highest BCUT2D eigenvalue weighted by Gasteiger charge is 2.05. The molecule has 0 saturated carbocycles. The van der Waals surface area contributed by atoms with Crippen molar-refractivity contribution in [1.82, 2.24) is 4.90 Å². The van der Waals surface area contributed by atoms with E-state index in [2.05, 4.69) is 99.6 Å². The minimum absolute atomic E-state index is 0.789. The first-order valence-electron chi connectivity index (χ1n) is 20.8. The molecule has 280 valence electrons. The third-order valence-corrected chi connectivity index (χ3v) is 9.01. The summed E-state index contributed by atoms with van der Waals surface area (Å²) in [6.45, 7) is 7.14. The number of hydrogen-bond donors (Lipinski definition) is 0. The number of benzene rings is 1. The number of rotatable bonds is 35. The van der Waals surface area contributed by atoms with E-state index < -0.39 is 0 Å². The van der Waals surface area contributed by atoms with Crippen LogP contribution >= 0.6 is 0 Å². The summed E-state index contributed by atoms with van der Waals surface area (Å²) in [5.74, 6) is 1.93. The fourth-order valence-corrected chi connectivity index (χ4v) is 5.85. The first kappa shape index (κ1) is 44.8. The second-order valence-corrected chi connectivity index (χ2v) is 14.2. The Labute approximate surface area is 305 Å². The standard InChI is InChI=1S/C46H79NO2/c1-5-7-9-11-13-15-17-19-21-23-25-27-29-31-33-35-39-48-45-41-44(37-38-47(3)4)42-46(43-45)49-40-36-34-32-30-28-26-24-22-20-18-16-14-12-10-8-6-2/h13-16,19-22,41-43H,5-12,17-18,23-40H2,1-4H3. The van der Waals surface area contributed by atoms with E-state index in [1.807, 2.05) is 0 Å². The largest absolute Gasteiger partial charge is 0.493 e. The highest BCUT2D eigenvalue weighted by Crippen LogP contribution is 2.24. The Bertz CT molecular complexity index is 892. The lowest BCUT2D eigenvalue weighted by Gasteiger charge is -2.14. The van der Waals surface area contributed by atoms with E-state index >= 15 is 0 Å². The fraction of sp³-hybridized carbons (Fsp3) is 0.696. The highest BCUT2D eigenvalue weighted by molar-refractivity contribution is 5.38. The molecule has 0 atom stereocenters. The van der Waals surface area contributed by atoms with Crippen LogP contribution in [-0.4, -0.2) is 38.8 Å². The lowest BCUT2D eigenvalue weighted by atomic mass is 10.1. The van der Waals surface area contributed by atoms with E-state index in [0.29, 0.717) is 0 Å². The monoisotopic (exact) mass is 678 g/mol. The molecular weight excluding hydrogens is 599 g/mol. The van der Waals surface area contributed by atoms with Crippen LogP contribution in [0.2, 0.25) is 0 Å². The Balaban J connectivity index is 2.16. The van der Waals surface area contributed by atoms with Crippen molar-refractivity contribution in [1.29, 1.82) is 0 Å². The first-order valence-corrected chi connectivity index (χ1v) is 20.8. The number of hydrogen-bond acceptors (Lipinski definition) is 3. The topological polar surface area (TPSA) is 21.7 Å². The van der Waals surface area contributed by atoms with Gasteiger partial charge in [-0.25, -0.2) is 0 Å². The van der Waals surface area contributed by atoms with Gasteiger partial charge in [-0.1, -0.05) is 140 Å². The molecule has 1 rings (SSSR count). The first-order chi connectivity index (χ1) is 24.2. The summed E-state index contributed by atoms with van der Waals surface area (Å²) in [7, 11) is 4.27. The molecule has 0 aliphatic rings. The highest BCUT2D eigenvalue weighted by atomic mass is 16.5. The summed E-state index contributed by atoms with van der Waals surface area (Å²) < 4.78 is 12.5. The van der Waals surface area contributed by atoms with Crippen LogP contribution < -0.4 is 9.47 Å². The third-order valence-electron chi connectivity index (χ3n) is 9.01. The molecule has 1 aromatic rings. The van der Waals surface area contributed by atoms with Crippen molar-refractivity contribution >= 4 is 0 Å². The van der Waals surface area contributed by atoms with Gasteiger partial charge in [0.2, 0.25) is 0 Å². The molecule has 0 fully saturated rings. The van der Waals surface area contributed by atoms with Crippen LogP contribution in [0.25, 0.3) is 0 Å². The molecule has 0 N–H and O–H groups in total. The van der Waals surface area contributed by atoms with Crippen molar-refractivity contribution < 1.29 is 9.47 Å². The van der Waals surface area contributed by atoms with Crippen LogP contribution in [0.1, 0.15) is 174 Å². The van der Waals surface area contributed by atoms with Crippen molar-refractivity contribution in [2.24, 2.45) is 0 Å². The summed E-state index contributed by atoms with van der Waals surface area (Å²) in [5.41, 5.74) is 1.30. The van der Waals surface area contributed by atoms with Gasteiger partial charge in [0.05, 0.1) is 13.2 Å². The van der Waals surface area contributed by atoms with Gasteiger partial charge in [0.15, 0.2) is 0 Å². The van der Waals surface area contributed by atoms with Crippen LogP contribution in [-0.2, 0) is 6.42 Å². The molecule has 3 heteroatoms. The normalized spacial score (nSPS) is 12.2. The molecule has 0 spiro atoms. The van der Waals surface area contributed by atoms with Gasteiger partial charge in [-0.05, 0) is 115 Å². The van der Waals surface area contributed by atoms with Crippen LogP contribution in [0.5, 0.6) is 11.5 Å². The van der Waals surface area contributed by atoms with Crippen LogP contribution in [0.15, 0.2) is 66.8 Å². The average molecular weight is 678 g/mol. The SMILES string of the molecule is CCCCCC=CCC=CCCCCCCCCOc1cc(CCN(C)C)cc(OCCCCCCCCC=CCC=CCCCCC)c1. The van der Waals surface area contributed by atoms with Gasteiger partial charge in [0.25, 0.3) is 0 Å². The predicted molar refractivity (Wildman–Crippen MR) is 218 cm³/mol. The number of ether oxygens (including phenoxy) is 2. The zero-order valence-corrected chi connectivity index (χ0v) is 32.9. The van der Waals surface area contributed by atoms with Crippen molar-refractivity contribution in [2.75, 3.05) is 33.9 Å². The Morgan fingerprint density at radius 1 is 0.449 bits per heavy atom. The van der Waals surface area contributed by atoms with Gasteiger partial charge in [-0.15, -0.1) is 0 Å². The Morgan fingerprint density at radius 3 is 1.20 bits per heavy atom. The summed E-state index contributed by atoms with van der Waals surface area (Å²) in [5, 5.41) is 0. The average Bonchev–Trinajstić information content (AvgIpc) is 3.10. The number of nitrogens with zero attached hydrogens (tertiary/aromatic N) is 1. The summed E-state index contributed by atoms with van der Waals surface area (Å²) in [6, 6.07) is 6.53. The molecule has 0 radical (unpaired) electrons. The smallest absolute Gasteiger partial charge is 0.123 e. The molecular formula is C46H79NO2. The Hall–Kier alpha value is -2.26. The molecule has 3 nitrogen and oxygen atoms in total. The number of likely N-dealkylation sites (N-methyl/N-ethyl adjacent to an activating group) is 1. The summed E-state index contributed by atoms with van der Waals surface area (Å²) in [4.78, 5) is 2.24. The lowest BCUT2D eigenvalue weighted by Crippen LogP contribution is -2.15. The van der Waals surface area contributed by atoms with E-state index in [4.69, 9.17) is 9.47 Å². The second-order valence-electron chi connectivity index (χ2n) is 14.2. The molecule has 49 heavy (non-hydrogen) atoms. The quantitative estimate of drug-likeness (QED) is 0.0527. The molecule has 0 heterocycles. The maximum absolute atomic E-state index is 6.23. The predicted octanol–water partition coefficient (Wildman–Crippen LogP) is 14.2. The van der Waals surface area contributed by atoms with Crippen LogP contribution in [0.4, 0.5) is 0 Å². The summed E-state index contributed by atoms with van der Waals surface area (Å²) >= 11 is 0. The number of unbranched alkanes of at least 4 members (excludes halogenated alkanes) is 18. The molecule has 0 bridgehead atoms. The molecule has 0 aliphatic carbocycles. The third kappa shape index (κ3) is 31.5. The van der Waals surface area contributed by atoms with Crippen molar-refractivity contribution in [3.63, 3.8) is 0 Å². The van der Waals surface area contributed by atoms with Crippen molar-refractivity contribution in [3.8, 4) is 11.5 Å². The van der Waals surface area contributed by atoms with E-state index in [-0.39, 0.29) is 0 Å². The van der Waals surface area contributed by atoms with Gasteiger partial charge in [-0.2, -0.15) is 0 Å². The minimum atomic E-state index is 0.789. The second kappa shape index (κ2) is 35.6. The zero-order chi connectivity index (χ0) is 35.3. The van der Waals surface area contributed by atoms with Crippen LogP contribution in [0, 0.1) is 0 Å². The van der Waals surface area contributed by atoms with Crippen LogP contribution in [0.3, 0.4) is 0 Å². The van der Waals surface area contributed by atoms with Gasteiger partial charge in [0, 0.05) is 12.6 Å². The van der Waals surface area contributed by atoms with Crippen molar-refractivity contribution in [3.05, 3.63) is 72.4 Å². The van der Waals surface area contributed by atoms with Gasteiger partial charge in [0.1, 0.15) is 11.5 Å².